The molecule has 1 unspecified atom stereocenters. The molecule has 0 heterocycles. The Morgan fingerprint density at radius 1 is 1.50 bits per heavy atom. The van der Waals surface area contributed by atoms with Crippen molar-refractivity contribution in [3.63, 3.8) is 0 Å². The van der Waals surface area contributed by atoms with Gasteiger partial charge in [-0.15, -0.1) is 0 Å². The van der Waals surface area contributed by atoms with Crippen molar-refractivity contribution in [2.75, 3.05) is 5.73 Å². The molecule has 0 aromatic heterocycles. The monoisotopic (exact) mass is 272 g/mol. The van der Waals surface area contributed by atoms with Crippen LogP contribution in [0.2, 0.25) is 0 Å². The van der Waals surface area contributed by atoms with Crippen LogP contribution in [0.4, 0.5) is 10.1 Å². The molecule has 18 heavy (non-hydrogen) atoms. The Hall–Kier alpha value is -1.14. The second-order valence-electron chi connectivity index (χ2n) is 4.89. The summed E-state index contributed by atoms with van der Waals surface area (Å²) in [6.07, 6.45) is 3.11. The van der Waals surface area contributed by atoms with Crippen molar-refractivity contribution in [2.24, 2.45) is 5.92 Å². The lowest BCUT2D eigenvalue weighted by atomic mass is 10.2. The number of hydrogen-bond acceptors (Lipinski definition) is 3. The first kappa shape index (κ1) is 13.3. The minimum atomic E-state index is -3.81. The molecular formula is C12H17FN2O2S. The number of hydrogen-bond donors (Lipinski definition) is 2. The molecule has 1 atom stereocenters. The summed E-state index contributed by atoms with van der Waals surface area (Å²) in [4.78, 5) is -0.348. The third-order valence-corrected chi connectivity index (χ3v) is 4.61. The van der Waals surface area contributed by atoms with E-state index < -0.39 is 15.8 Å². The van der Waals surface area contributed by atoms with Gasteiger partial charge in [-0.05, 0) is 37.5 Å². The first-order valence-corrected chi connectivity index (χ1v) is 7.44. The topological polar surface area (TPSA) is 72.2 Å². The summed E-state index contributed by atoms with van der Waals surface area (Å²) in [7, 11) is -3.81. The summed E-state index contributed by atoms with van der Waals surface area (Å²) in [5.41, 5.74) is 5.60. The summed E-state index contributed by atoms with van der Waals surface area (Å²) in [5, 5.41) is 0. The molecule has 0 saturated heterocycles. The van der Waals surface area contributed by atoms with Crippen molar-refractivity contribution in [3.05, 3.63) is 24.0 Å². The molecule has 1 aromatic rings. The van der Waals surface area contributed by atoms with E-state index in [9.17, 15) is 12.8 Å². The van der Waals surface area contributed by atoms with Gasteiger partial charge >= 0.3 is 0 Å². The van der Waals surface area contributed by atoms with E-state index >= 15 is 0 Å². The number of rotatable bonds is 5. The zero-order valence-corrected chi connectivity index (χ0v) is 11.0. The smallest absolute Gasteiger partial charge is 0.243 e. The Morgan fingerprint density at radius 2 is 2.17 bits per heavy atom. The highest BCUT2D eigenvalue weighted by Gasteiger charge is 2.27. The van der Waals surface area contributed by atoms with Gasteiger partial charge in [-0.25, -0.2) is 17.5 Å². The second kappa shape index (κ2) is 4.85. The molecule has 100 valence electrons. The Balaban J connectivity index is 2.13. The van der Waals surface area contributed by atoms with Crippen molar-refractivity contribution in [1.29, 1.82) is 0 Å². The lowest BCUT2D eigenvalue weighted by Gasteiger charge is -2.14. The molecule has 6 heteroatoms. The van der Waals surface area contributed by atoms with Gasteiger partial charge in [0.05, 0.1) is 0 Å². The van der Waals surface area contributed by atoms with Crippen LogP contribution in [0, 0.1) is 11.7 Å². The average Bonchev–Trinajstić information content (AvgIpc) is 2.99. The first-order valence-electron chi connectivity index (χ1n) is 5.96. The van der Waals surface area contributed by atoms with Gasteiger partial charge in [0.1, 0.15) is 10.7 Å². The summed E-state index contributed by atoms with van der Waals surface area (Å²) < 4.78 is 40.0. The molecule has 0 bridgehead atoms. The Kier molecular flexibility index (Phi) is 3.59. The Bertz CT molecular complexity index is 541. The summed E-state index contributed by atoms with van der Waals surface area (Å²) in [6, 6.07) is 3.40. The highest BCUT2D eigenvalue weighted by molar-refractivity contribution is 7.89. The lowest BCUT2D eigenvalue weighted by Crippen LogP contribution is -2.33. The first-order chi connectivity index (χ1) is 8.38. The van der Waals surface area contributed by atoms with E-state index in [2.05, 4.69) is 4.72 Å². The van der Waals surface area contributed by atoms with E-state index in [1.807, 2.05) is 0 Å². The molecule has 3 N–H and O–H groups in total. The standard InChI is InChI=1S/C12H17FN2O2S/c1-8(6-9-2-3-9)15-18(16,17)12-5-4-10(14)7-11(12)13/h4-5,7-9,15H,2-3,6,14H2,1H3. The molecule has 0 radical (unpaired) electrons. The summed E-state index contributed by atoms with van der Waals surface area (Å²) in [6.45, 7) is 1.80. The van der Waals surface area contributed by atoms with Crippen molar-refractivity contribution in [1.82, 2.24) is 4.72 Å². The molecule has 4 nitrogen and oxygen atoms in total. The number of anilines is 1. The lowest BCUT2D eigenvalue weighted by molar-refractivity contribution is 0.521. The maximum atomic E-state index is 13.6. The van der Waals surface area contributed by atoms with Gasteiger partial charge in [0.15, 0.2) is 0 Å². The summed E-state index contributed by atoms with van der Waals surface area (Å²) in [5.74, 6) is -0.208. The average molecular weight is 272 g/mol. The number of sulfonamides is 1. The zero-order chi connectivity index (χ0) is 13.3. The number of nitrogens with one attached hydrogen (secondary N) is 1. The SMILES string of the molecule is CC(CC1CC1)NS(=O)(=O)c1ccc(N)cc1F. The highest BCUT2D eigenvalue weighted by atomic mass is 32.2. The Labute approximate surface area is 106 Å². The van der Waals surface area contributed by atoms with Crippen LogP contribution in [0.1, 0.15) is 26.2 Å². The normalized spacial score (nSPS) is 17.7. The van der Waals surface area contributed by atoms with Crippen LogP contribution in [0.25, 0.3) is 0 Å². The molecule has 1 aliphatic carbocycles. The molecule has 1 saturated carbocycles. The molecule has 1 aromatic carbocycles. The van der Waals surface area contributed by atoms with Gasteiger partial charge < -0.3 is 5.73 Å². The largest absolute Gasteiger partial charge is 0.399 e. The fraction of sp³-hybridized carbons (Fsp3) is 0.500. The van der Waals surface area contributed by atoms with Gasteiger partial charge in [0, 0.05) is 11.7 Å². The van der Waals surface area contributed by atoms with Crippen molar-refractivity contribution in [3.8, 4) is 0 Å². The fourth-order valence-corrected chi connectivity index (χ4v) is 3.28. The van der Waals surface area contributed by atoms with E-state index in [4.69, 9.17) is 5.73 Å². The highest BCUT2D eigenvalue weighted by Crippen LogP contribution is 2.33. The van der Waals surface area contributed by atoms with Crippen LogP contribution in [0.5, 0.6) is 0 Å². The maximum Gasteiger partial charge on any atom is 0.243 e. The number of nitrogen functional groups attached to an aromatic ring is 1. The third-order valence-electron chi connectivity index (χ3n) is 2.99. The molecule has 0 amide bonds. The second-order valence-corrected chi connectivity index (χ2v) is 6.57. The van der Waals surface area contributed by atoms with E-state index in [1.165, 1.54) is 12.1 Å². The van der Waals surface area contributed by atoms with E-state index in [0.717, 1.165) is 25.3 Å². The molecular weight excluding hydrogens is 255 g/mol. The maximum absolute atomic E-state index is 13.6. The molecule has 1 fully saturated rings. The molecule has 2 rings (SSSR count). The summed E-state index contributed by atoms with van der Waals surface area (Å²) >= 11 is 0. The van der Waals surface area contributed by atoms with Crippen LogP contribution in [0.15, 0.2) is 23.1 Å². The molecule has 0 spiro atoms. The number of nitrogens with two attached hydrogens (primary N) is 1. The van der Waals surface area contributed by atoms with E-state index in [1.54, 1.807) is 6.92 Å². The molecule has 0 aliphatic heterocycles. The van der Waals surface area contributed by atoms with E-state index in [-0.39, 0.29) is 16.6 Å². The fourth-order valence-electron chi connectivity index (χ4n) is 1.97. The predicted molar refractivity (Wildman–Crippen MR) is 67.9 cm³/mol. The third kappa shape index (κ3) is 3.20. The Morgan fingerprint density at radius 3 is 2.72 bits per heavy atom. The minimum absolute atomic E-state index is 0.181. The van der Waals surface area contributed by atoms with Crippen LogP contribution in [-0.2, 0) is 10.0 Å². The van der Waals surface area contributed by atoms with Gasteiger partial charge in [0.25, 0.3) is 0 Å². The van der Waals surface area contributed by atoms with Crippen molar-refractivity contribution < 1.29 is 12.8 Å². The van der Waals surface area contributed by atoms with Gasteiger partial charge in [0.2, 0.25) is 10.0 Å². The predicted octanol–water partition coefficient (Wildman–Crippen LogP) is 1.87. The number of halogens is 1. The van der Waals surface area contributed by atoms with Crippen LogP contribution < -0.4 is 10.5 Å². The molecule has 1 aliphatic rings. The van der Waals surface area contributed by atoms with Crippen LogP contribution in [0.3, 0.4) is 0 Å². The quantitative estimate of drug-likeness (QED) is 0.804. The van der Waals surface area contributed by atoms with Crippen molar-refractivity contribution in [2.45, 2.75) is 37.1 Å². The minimum Gasteiger partial charge on any atom is -0.399 e. The zero-order valence-electron chi connectivity index (χ0n) is 10.2. The van der Waals surface area contributed by atoms with Crippen molar-refractivity contribution >= 4 is 15.7 Å². The van der Waals surface area contributed by atoms with E-state index in [0.29, 0.717) is 5.92 Å². The van der Waals surface area contributed by atoms with Gasteiger partial charge in [-0.3, -0.25) is 0 Å². The van der Waals surface area contributed by atoms with Crippen LogP contribution >= 0.6 is 0 Å². The van der Waals surface area contributed by atoms with Gasteiger partial charge in [-0.1, -0.05) is 12.8 Å². The van der Waals surface area contributed by atoms with Gasteiger partial charge in [-0.2, -0.15) is 0 Å². The van der Waals surface area contributed by atoms with Crippen LogP contribution in [-0.4, -0.2) is 14.5 Å². The number of benzene rings is 1.